The average molecular weight is 281 g/mol. The maximum Gasteiger partial charge on any atom is 0.302 e. The second-order valence-electron chi connectivity index (χ2n) is 4.65. The Bertz CT molecular complexity index is 613. The molecular weight excluding hydrogens is 262 g/mol. The molecule has 0 bridgehead atoms. The summed E-state index contributed by atoms with van der Waals surface area (Å²) in [4.78, 5) is 10.6. The highest BCUT2D eigenvalue weighted by molar-refractivity contribution is 5.68. The highest BCUT2D eigenvalue weighted by Crippen LogP contribution is 2.22. The first-order valence-electron chi connectivity index (χ1n) is 6.87. The molecule has 1 N–H and O–H groups in total. The predicted octanol–water partition coefficient (Wildman–Crippen LogP) is 3.97. The van der Waals surface area contributed by atoms with E-state index in [-0.39, 0.29) is 5.97 Å². The molecule has 0 aliphatic carbocycles. The normalized spacial score (nSPS) is 10.6. The number of hydrogen-bond acceptors (Lipinski definition) is 3. The maximum atomic E-state index is 10.6. The van der Waals surface area contributed by atoms with Crippen LogP contribution in [0.4, 0.5) is 5.69 Å². The molecule has 0 spiro atoms. The van der Waals surface area contributed by atoms with Gasteiger partial charge in [-0.1, -0.05) is 42.5 Å². The Morgan fingerprint density at radius 1 is 1.05 bits per heavy atom. The van der Waals surface area contributed by atoms with Gasteiger partial charge in [0.15, 0.2) is 0 Å². The van der Waals surface area contributed by atoms with Gasteiger partial charge in [-0.2, -0.15) is 0 Å². The third-order valence-electron chi connectivity index (χ3n) is 3.11. The molecule has 3 heteroatoms. The van der Waals surface area contributed by atoms with Crippen molar-refractivity contribution in [1.29, 1.82) is 0 Å². The molecule has 0 amide bonds. The standard InChI is InChI=1S/C18H19NO2/c1-14(20)21-13-3-4-15-5-7-16(8-6-15)17-9-11-18(19-2)12-10-17/h3-12,19H,13H2,1-2H3/b4-3+. The minimum atomic E-state index is -0.264. The second kappa shape index (κ2) is 7.29. The van der Waals surface area contributed by atoms with Crippen LogP contribution < -0.4 is 5.32 Å². The monoisotopic (exact) mass is 281 g/mol. The summed E-state index contributed by atoms with van der Waals surface area (Å²) in [7, 11) is 1.91. The Kier molecular flexibility index (Phi) is 5.16. The highest BCUT2D eigenvalue weighted by atomic mass is 16.5. The Morgan fingerprint density at radius 3 is 2.14 bits per heavy atom. The molecule has 0 aliphatic heterocycles. The number of carbonyl (C=O) groups excluding carboxylic acids is 1. The fourth-order valence-electron chi connectivity index (χ4n) is 1.97. The van der Waals surface area contributed by atoms with Crippen LogP contribution >= 0.6 is 0 Å². The molecule has 2 aromatic carbocycles. The van der Waals surface area contributed by atoms with Crippen LogP contribution in [0.25, 0.3) is 17.2 Å². The molecule has 0 atom stereocenters. The van der Waals surface area contributed by atoms with Gasteiger partial charge in [-0.05, 0) is 34.9 Å². The molecule has 0 radical (unpaired) electrons. The van der Waals surface area contributed by atoms with Gasteiger partial charge >= 0.3 is 5.97 Å². The number of esters is 1. The Balaban J connectivity index is 2.02. The van der Waals surface area contributed by atoms with Crippen LogP contribution in [-0.2, 0) is 9.53 Å². The van der Waals surface area contributed by atoms with E-state index in [1.807, 2.05) is 31.3 Å². The van der Waals surface area contributed by atoms with Crippen LogP contribution in [0.5, 0.6) is 0 Å². The largest absolute Gasteiger partial charge is 0.462 e. The van der Waals surface area contributed by atoms with Crippen LogP contribution in [0.15, 0.2) is 54.6 Å². The Morgan fingerprint density at radius 2 is 1.62 bits per heavy atom. The summed E-state index contributed by atoms with van der Waals surface area (Å²) in [6, 6.07) is 16.6. The fraction of sp³-hybridized carbons (Fsp3) is 0.167. The molecule has 0 heterocycles. The molecule has 0 aromatic heterocycles. The van der Waals surface area contributed by atoms with Gasteiger partial charge in [-0.25, -0.2) is 0 Å². The number of rotatable bonds is 5. The molecule has 0 unspecified atom stereocenters. The molecular formula is C18H19NO2. The van der Waals surface area contributed by atoms with E-state index in [1.54, 1.807) is 0 Å². The third kappa shape index (κ3) is 4.49. The van der Waals surface area contributed by atoms with Gasteiger partial charge in [0.1, 0.15) is 6.61 Å². The van der Waals surface area contributed by atoms with E-state index in [1.165, 1.54) is 18.1 Å². The zero-order valence-corrected chi connectivity index (χ0v) is 12.3. The smallest absolute Gasteiger partial charge is 0.302 e. The van der Waals surface area contributed by atoms with Gasteiger partial charge in [0.2, 0.25) is 0 Å². The van der Waals surface area contributed by atoms with Crippen molar-refractivity contribution < 1.29 is 9.53 Å². The van der Waals surface area contributed by atoms with Gasteiger partial charge in [-0.3, -0.25) is 4.79 Å². The number of benzene rings is 2. The third-order valence-corrected chi connectivity index (χ3v) is 3.11. The summed E-state index contributed by atoms with van der Waals surface area (Å²) in [5.74, 6) is -0.264. The number of ether oxygens (including phenoxy) is 1. The van der Waals surface area contributed by atoms with Gasteiger partial charge in [0.25, 0.3) is 0 Å². The summed E-state index contributed by atoms with van der Waals surface area (Å²) in [6.45, 7) is 1.71. The zero-order valence-electron chi connectivity index (χ0n) is 12.3. The van der Waals surface area contributed by atoms with E-state index >= 15 is 0 Å². The number of hydrogen-bond donors (Lipinski definition) is 1. The lowest BCUT2D eigenvalue weighted by Crippen LogP contribution is -1.97. The van der Waals surface area contributed by atoms with E-state index in [2.05, 4.69) is 41.7 Å². The van der Waals surface area contributed by atoms with Crippen molar-refractivity contribution in [2.75, 3.05) is 19.0 Å². The lowest BCUT2D eigenvalue weighted by atomic mass is 10.0. The molecule has 108 valence electrons. The summed E-state index contributed by atoms with van der Waals surface area (Å²) < 4.78 is 4.85. The van der Waals surface area contributed by atoms with Crippen LogP contribution in [0.1, 0.15) is 12.5 Å². The van der Waals surface area contributed by atoms with Crippen LogP contribution in [0, 0.1) is 0 Å². The minimum absolute atomic E-state index is 0.264. The van der Waals surface area contributed by atoms with Crippen molar-refractivity contribution in [3.05, 3.63) is 60.2 Å². The Labute approximate surface area is 125 Å². The van der Waals surface area contributed by atoms with Crippen molar-refractivity contribution in [1.82, 2.24) is 0 Å². The Hall–Kier alpha value is -2.55. The van der Waals surface area contributed by atoms with Gasteiger partial charge in [0.05, 0.1) is 0 Å². The van der Waals surface area contributed by atoms with Gasteiger partial charge in [-0.15, -0.1) is 0 Å². The number of nitrogens with one attached hydrogen (secondary N) is 1. The summed E-state index contributed by atoms with van der Waals surface area (Å²) in [5, 5.41) is 3.11. The molecule has 21 heavy (non-hydrogen) atoms. The van der Waals surface area contributed by atoms with Crippen molar-refractivity contribution in [3.8, 4) is 11.1 Å². The first-order valence-corrected chi connectivity index (χ1v) is 6.87. The molecule has 0 aliphatic rings. The first kappa shape index (κ1) is 14.9. The molecule has 2 rings (SSSR count). The van der Waals surface area contributed by atoms with Crippen molar-refractivity contribution >= 4 is 17.7 Å². The van der Waals surface area contributed by atoms with Crippen LogP contribution in [-0.4, -0.2) is 19.6 Å². The van der Waals surface area contributed by atoms with Crippen molar-refractivity contribution in [2.45, 2.75) is 6.92 Å². The SMILES string of the molecule is CNc1ccc(-c2ccc(/C=C/COC(C)=O)cc2)cc1. The number of anilines is 1. The fourth-order valence-corrected chi connectivity index (χ4v) is 1.97. The molecule has 3 nitrogen and oxygen atoms in total. The van der Waals surface area contributed by atoms with E-state index in [9.17, 15) is 4.79 Å². The van der Waals surface area contributed by atoms with Gasteiger partial charge in [0, 0.05) is 19.7 Å². The maximum absolute atomic E-state index is 10.6. The average Bonchev–Trinajstić information content (AvgIpc) is 2.52. The topological polar surface area (TPSA) is 38.3 Å². The van der Waals surface area contributed by atoms with Crippen molar-refractivity contribution in [3.63, 3.8) is 0 Å². The second-order valence-corrected chi connectivity index (χ2v) is 4.65. The molecule has 2 aromatic rings. The van der Waals surface area contributed by atoms with E-state index in [0.717, 1.165) is 11.3 Å². The minimum Gasteiger partial charge on any atom is -0.462 e. The van der Waals surface area contributed by atoms with Gasteiger partial charge < -0.3 is 10.1 Å². The quantitative estimate of drug-likeness (QED) is 0.843. The molecule has 0 saturated carbocycles. The predicted molar refractivity (Wildman–Crippen MR) is 87.1 cm³/mol. The first-order chi connectivity index (χ1) is 10.2. The molecule has 0 saturated heterocycles. The molecule has 0 fully saturated rings. The van der Waals surface area contributed by atoms with E-state index < -0.39 is 0 Å². The highest BCUT2D eigenvalue weighted by Gasteiger charge is 1.97. The lowest BCUT2D eigenvalue weighted by molar-refractivity contribution is -0.139. The van der Waals surface area contributed by atoms with Crippen LogP contribution in [0.3, 0.4) is 0 Å². The zero-order chi connectivity index (χ0) is 15.1. The van der Waals surface area contributed by atoms with Crippen molar-refractivity contribution in [2.24, 2.45) is 0 Å². The summed E-state index contributed by atoms with van der Waals surface area (Å²) in [5.41, 5.74) is 4.54. The summed E-state index contributed by atoms with van der Waals surface area (Å²) in [6.07, 6.45) is 3.77. The lowest BCUT2D eigenvalue weighted by Gasteiger charge is -2.04. The summed E-state index contributed by atoms with van der Waals surface area (Å²) >= 11 is 0. The van der Waals surface area contributed by atoms with E-state index in [0.29, 0.717) is 6.61 Å². The van der Waals surface area contributed by atoms with E-state index in [4.69, 9.17) is 4.74 Å². The van der Waals surface area contributed by atoms with Crippen LogP contribution in [0.2, 0.25) is 0 Å². The number of carbonyl (C=O) groups is 1.